The minimum Gasteiger partial charge on any atom is -0.487 e. The van der Waals surface area contributed by atoms with Gasteiger partial charge in [0.05, 0.1) is 5.56 Å². The number of likely N-dealkylation sites (tertiary alicyclic amines) is 1. The van der Waals surface area contributed by atoms with E-state index in [1.165, 1.54) is 12.8 Å². The number of ether oxygens (including phenoxy) is 1. The van der Waals surface area contributed by atoms with Gasteiger partial charge in [0.2, 0.25) is 0 Å². The summed E-state index contributed by atoms with van der Waals surface area (Å²) in [5.41, 5.74) is 0.388. The van der Waals surface area contributed by atoms with Crippen LogP contribution >= 0.6 is 0 Å². The molecule has 1 heterocycles. The van der Waals surface area contributed by atoms with Crippen LogP contribution in [-0.4, -0.2) is 29.5 Å². The summed E-state index contributed by atoms with van der Waals surface area (Å²) in [6, 6.07) is 7.57. The SMILES string of the molecule is CC(C)(C)Oc1ccccc1C(=O)N1CCCCCC1. The lowest BCUT2D eigenvalue weighted by molar-refractivity contribution is 0.0745. The van der Waals surface area contributed by atoms with E-state index in [0.717, 1.165) is 25.9 Å². The molecule has 1 aliphatic heterocycles. The lowest BCUT2D eigenvalue weighted by Gasteiger charge is -2.25. The minimum atomic E-state index is -0.296. The highest BCUT2D eigenvalue weighted by molar-refractivity contribution is 5.97. The number of amides is 1. The third-order valence-electron chi connectivity index (χ3n) is 3.43. The van der Waals surface area contributed by atoms with E-state index >= 15 is 0 Å². The Kier molecular flexibility index (Phi) is 4.69. The van der Waals surface area contributed by atoms with E-state index in [9.17, 15) is 4.79 Å². The molecular formula is C17H25NO2. The van der Waals surface area contributed by atoms with Crippen LogP contribution < -0.4 is 4.74 Å². The van der Waals surface area contributed by atoms with Crippen LogP contribution in [0.25, 0.3) is 0 Å². The van der Waals surface area contributed by atoms with Crippen molar-refractivity contribution in [3.8, 4) is 5.75 Å². The van der Waals surface area contributed by atoms with Gasteiger partial charge in [0.15, 0.2) is 0 Å². The van der Waals surface area contributed by atoms with Crippen molar-refractivity contribution in [2.45, 2.75) is 52.1 Å². The summed E-state index contributed by atoms with van der Waals surface area (Å²) in [5, 5.41) is 0. The van der Waals surface area contributed by atoms with Crippen LogP contribution in [0.15, 0.2) is 24.3 Å². The Morgan fingerprint density at radius 1 is 1.05 bits per heavy atom. The molecule has 3 nitrogen and oxygen atoms in total. The van der Waals surface area contributed by atoms with Crippen molar-refractivity contribution in [3.05, 3.63) is 29.8 Å². The first-order valence-electron chi connectivity index (χ1n) is 7.55. The van der Waals surface area contributed by atoms with Crippen LogP contribution in [0.2, 0.25) is 0 Å². The molecular weight excluding hydrogens is 250 g/mol. The van der Waals surface area contributed by atoms with Gasteiger partial charge in [0.1, 0.15) is 11.4 Å². The highest BCUT2D eigenvalue weighted by atomic mass is 16.5. The molecule has 0 unspecified atom stereocenters. The first-order valence-corrected chi connectivity index (χ1v) is 7.55. The Morgan fingerprint density at radius 3 is 2.25 bits per heavy atom. The molecule has 0 saturated carbocycles. The molecule has 1 fully saturated rings. The van der Waals surface area contributed by atoms with Crippen LogP contribution in [0.3, 0.4) is 0 Å². The van der Waals surface area contributed by atoms with Gasteiger partial charge in [-0.2, -0.15) is 0 Å². The Hall–Kier alpha value is -1.51. The molecule has 1 aromatic carbocycles. The maximum Gasteiger partial charge on any atom is 0.257 e. The summed E-state index contributed by atoms with van der Waals surface area (Å²) < 4.78 is 5.93. The van der Waals surface area contributed by atoms with Gasteiger partial charge in [-0.15, -0.1) is 0 Å². The van der Waals surface area contributed by atoms with Crippen LogP contribution in [-0.2, 0) is 0 Å². The van der Waals surface area contributed by atoms with Crippen molar-refractivity contribution < 1.29 is 9.53 Å². The van der Waals surface area contributed by atoms with Gasteiger partial charge < -0.3 is 9.64 Å². The number of benzene rings is 1. The largest absolute Gasteiger partial charge is 0.487 e. The van der Waals surface area contributed by atoms with Gasteiger partial charge in [0.25, 0.3) is 5.91 Å². The van der Waals surface area contributed by atoms with E-state index in [4.69, 9.17) is 4.74 Å². The molecule has 1 aliphatic rings. The Morgan fingerprint density at radius 2 is 1.65 bits per heavy atom. The number of nitrogens with zero attached hydrogens (tertiary/aromatic N) is 1. The molecule has 0 radical (unpaired) electrons. The summed E-state index contributed by atoms with van der Waals surface area (Å²) in [7, 11) is 0. The first kappa shape index (κ1) is 14.9. The number of carbonyl (C=O) groups excluding carboxylic acids is 1. The highest BCUT2D eigenvalue weighted by Gasteiger charge is 2.22. The van der Waals surface area contributed by atoms with Crippen molar-refractivity contribution in [1.29, 1.82) is 0 Å². The van der Waals surface area contributed by atoms with E-state index in [-0.39, 0.29) is 11.5 Å². The van der Waals surface area contributed by atoms with Crippen molar-refractivity contribution in [2.75, 3.05) is 13.1 Å². The fourth-order valence-corrected chi connectivity index (χ4v) is 2.51. The summed E-state index contributed by atoms with van der Waals surface area (Å²) in [5.74, 6) is 0.793. The average molecular weight is 275 g/mol. The molecule has 1 amide bonds. The molecule has 0 aliphatic carbocycles. The lowest BCUT2D eigenvalue weighted by atomic mass is 10.1. The molecule has 20 heavy (non-hydrogen) atoms. The normalized spacial score (nSPS) is 16.6. The Balaban J connectivity index is 2.20. The van der Waals surface area contributed by atoms with E-state index in [2.05, 4.69) is 0 Å². The molecule has 3 heteroatoms. The highest BCUT2D eigenvalue weighted by Crippen LogP contribution is 2.25. The van der Waals surface area contributed by atoms with E-state index in [0.29, 0.717) is 11.3 Å². The Labute approximate surface area is 121 Å². The van der Waals surface area contributed by atoms with Gasteiger partial charge >= 0.3 is 0 Å². The van der Waals surface area contributed by atoms with Gasteiger partial charge in [0, 0.05) is 13.1 Å². The van der Waals surface area contributed by atoms with Crippen molar-refractivity contribution in [1.82, 2.24) is 4.90 Å². The quantitative estimate of drug-likeness (QED) is 0.819. The molecule has 0 atom stereocenters. The molecule has 1 saturated heterocycles. The molecule has 110 valence electrons. The monoisotopic (exact) mass is 275 g/mol. The zero-order chi connectivity index (χ0) is 14.6. The molecule has 0 bridgehead atoms. The maximum atomic E-state index is 12.7. The minimum absolute atomic E-state index is 0.103. The zero-order valence-corrected chi connectivity index (χ0v) is 12.8. The summed E-state index contributed by atoms with van der Waals surface area (Å²) in [4.78, 5) is 14.7. The molecule has 0 N–H and O–H groups in total. The van der Waals surface area contributed by atoms with Crippen molar-refractivity contribution >= 4 is 5.91 Å². The second kappa shape index (κ2) is 6.29. The van der Waals surface area contributed by atoms with Gasteiger partial charge in [-0.1, -0.05) is 25.0 Å². The summed E-state index contributed by atoms with van der Waals surface area (Å²) >= 11 is 0. The topological polar surface area (TPSA) is 29.5 Å². The number of hydrogen-bond donors (Lipinski definition) is 0. The fraction of sp³-hybridized carbons (Fsp3) is 0.588. The van der Waals surface area contributed by atoms with Crippen LogP contribution in [0, 0.1) is 0 Å². The fourth-order valence-electron chi connectivity index (χ4n) is 2.51. The lowest BCUT2D eigenvalue weighted by Crippen LogP contribution is -2.33. The van der Waals surface area contributed by atoms with E-state index in [1.54, 1.807) is 0 Å². The molecule has 1 aromatic rings. The van der Waals surface area contributed by atoms with E-state index in [1.807, 2.05) is 49.9 Å². The summed E-state index contributed by atoms with van der Waals surface area (Å²) in [6.07, 6.45) is 4.66. The van der Waals surface area contributed by atoms with Crippen LogP contribution in [0.4, 0.5) is 0 Å². The predicted octanol–water partition coefficient (Wildman–Crippen LogP) is 3.88. The summed E-state index contributed by atoms with van der Waals surface area (Å²) in [6.45, 7) is 7.73. The van der Waals surface area contributed by atoms with Crippen molar-refractivity contribution in [2.24, 2.45) is 0 Å². The molecule has 0 aromatic heterocycles. The molecule has 0 spiro atoms. The van der Waals surface area contributed by atoms with Gasteiger partial charge in [-0.05, 0) is 45.7 Å². The Bertz CT molecular complexity index is 454. The second-order valence-electron chi connectivity index (χ2n) is 6.42. The first-order chi connectivity index (χ1) is 9.47. The third kappa shape index (κ3) is 3.99. The number of para-hydroxylation sites is 1. The molecule has 2 rings (SSSR count). The average Bonchev–Trinajstić information content (AvgIpc) is 2.65. The van der Waals surface area contributed by atoms with Crippen LogP contribution in [0.1, 0.15) is 56.8 Å². The maximum absolute atomic E-state index is 12.7. The number of hydrogen-bond acceptors (Lipinski definition) is 2. The number of carbonyl (C=O) groups is 1. The standard InChI is InChI=1S/C17H25NO2/c1-17(2,3)20-15-11-7-6-10-14(15)16(19)18-12-8-4-5-9-13-18/h6-7,10-11H,4-5,8-9,12-13H2,1-3H3. The third-order valence-corrected chi connectivity index (χ3v) is 3.43. The van der Waals surface area contributed by atoms with E-state index < -0.39 is 0 Å². The predicted molar refractivity (Wildman–Crippen MR) is 81.2 cm³/mol. The van der Waals surface area contributed by atoms with Crippen LogP contribution in [0.5, 0.6) is 5.75 Å². The van der Waals surface area contributed by atoms with Crippen molar-refractivity contribution in [3.63, 3.8) is 0 Å². The zero-order valence-electron chi connectivity index (χ0n) is 12.8. The number of rotatable bonds is 2. The van der Waals surface area contributed by atoms with Gasteiger partial charge in [-0.3, -0.25) is 4.79 Å². The smallest absolute Gasteiger partial charge is 0.257 e. The second-order valence-corrected chi connectivity index (χ2v) is 6.42. The van der Waals surface area contributed by atoms with Gasteiger partial charge in [-0.25, -0.2) is 0 Å².